The van der Waals surface area contributed by atoms with E-state index in [1.165, 1.54) is 11.5 Å². The Labute approximate surface area is 107 Å². The Morgan fingerprint density at radius 1 is 1.67 bits per heavy atom. The number of amidine groups is 1. The molecule has 1 heterocycles. The van der Waals surface area contributed by atoms with Crippen molar-refractivity contribution < 1.29 is 13.6 Å². The van der Waals surface area contributed by atoms with Crippen LogP contribution in [0.4, 0.5) is 8.78 Å². The first-order valence-electron chi connectivity index (χ1n) is 5.51. The van der Waals surface area contributed by atoms with Crippen LogP contribution in [0.5, 0.6) is 0 Å². The van der Waals surface area contributed by atoms with Crippen LogP contribution in [-0.2, 0) is 11.4 Å². The van der Waals surface area contributed by atoms with Crippen molar-refractivity contribution in [1.29, 1.82) is 0 Å². The summed E-state index contributed by atoms with van der Waals surface area (Å²) in [6, 6.07) is 0. The van der Waals surface area contributed by atoms with Crippen LogP contribution >= 0.6 is 11.5 Å². The highest BCUT2D eigenvalue weighted by Gasteiger charge is 2.59. The van der Waals surface area contributed by atoms with Crippen molar-refractivity contribution in [3.63, 3.8) is 0 Å². The van der Waals surface area contributed by atoms with Crippen molar-refractivity contribution in [2.75, 3.05) is 0 Å². The SMILES string of the molecule is CC(F)(F)C1(C/C(N)=N/OCc2cnns2)CC1. The molecule has 100 valence electrons. The van der Waals surface area contributed by atoms with Gasteiger partial charge < -0.3 is 10.6 Å². The molecule has 1 saturated carbocycles. The number of hydrogen-bond acceptors (Lipinski definition) is 5. The second-order valence-electron chi connectivity index (χ2n) is 4.59. The zero-order valence-electron chi connectivity index (χ0n) is 9.90. The van der Waals surface area contributed by atoms with E-state index in [4.69, 9.17) is 10.6 Å². The third kappa shape index (κ3) is 2.92. The second kappa shape index (κ2) is 4.75. The predicted octanol–water partition coefficient (Wildman–Crippen LogP) is 2.15. The lowest BCUT2D eigenvalue weighted by atomic mass is 9.95. The molecular formula is C10H14F2N4OS. The van der Waals surface area contributed by atoms with Crippen molar-refractivity contribution in [2.24, 2.45) is 16.3 Å². The van der Waals surface area contributed by atoms with Gasteiger partial charge in [0.2, 0.25) is 0 Å². The van der Waals surface area contributed by atoms with Crippen LogP contribution in [0.15, 0.2) is 11.4 Å². The molecule has 0 unspecified atom stereocenters. The molecule has 0 saturated heterocycles. The fourth-order valence-electron chi connectivity index (χ4n) is 1.73. The monoisotopic (exact) mass is 276 g/mol. The van der Waals surface area contributed by atoms with E-state index in [2.05, 4.69) is 14.7 Å². The van der Waals surface area contributed by atoms with Gasteiger partial charge in [0.15, 0.2) is 6.61 Å². The van der Waals surface area contributed by atoms with E-state index in [1.807, 2.05) is 0 Å². The maximum atomic E-state index is 13.3. The molecule has 0 amide bonds. The minimum atomic E-state index is -2.73. The number of halogens is 2. The summed E-state index contributed by atoms with van der Waals surface area (Å²) in [5.74, 6) is -2.62. The Hall–Kier alpha value is -1.31. The molecule has 0 aliphatic heterocycles. The highest BCUT2D eigenvalue weighted by molar-refractivity contribution is 7.05. The van der Waals surface area contributed by atoms with Crippen LogP contribution < -0.4 is 5.73 Å². The van der Waals surface area contributed by atoms with E-state index >= 15 is 0 Å². The van der Waals surface area contributed by atoms with Crippen LogP contribution in [0.1, 0.15) is 31.1 Å². The quantitative estimate of drug-likeness (QED) is 0.491. The van der Waals surface area contributed by atoms with Crippen molar-refractivity contribution in [3.8, 4) is 0 Å². The van der Waals surface area contributed by atoms with Gasteiger partial charge in [-0.2, -0.15) is 0 Å². The number of nitrogens with two attached hydrogens (primary N) is 1. The summed E-state index contributed by atoms with van der Waals surface area (Å²) in [6.07, 6.45) is 2.58. The van der Waals surface area contributed by atoms with Crippen LogP contribution in [0, 0.1) is 5.41 Å². The molecule has 1 aromatic heterocycles. The first-order valence-corrected chi connectivity index (χ1v) is 6.29. The lowest BCUT2D eigenvalue weighted by Crippen LogP contribution is -2.31. The second-order valence-corrected chi connectivity index (χ2v) is 5.46. The molecule has 0 spiro atoms. The number of alkyl halides is 2. The third-order valence-corrected chi connectivity index (χ3v) is 3.73. The minimum Gasteiger partial charge on any atom is -0.389 e. The molecule has 0 bridgehead atoms. The lowest BCUT2D eigenvalue weighted by molar-refractivity contribution is -0.0517. The Balaban J connectivity index is 1.83. The minimum absolute atomic E-state index is 0.0669. The largest absolute Gasteiger partial charge is 0.389 e. The number of hydrogen-bond donors (Lipinski definition) is 1. The average molecular weight is 276 g/mol. The standard InChI is InChI=1S/C10H14F2N4OS/c1-9(11,12)10(2-3-10)4-8(13)15-17-6-7-5-14-16-18-7/h5H,2-4,6H2,1H3,(H2,13,15). The number of aromatic nitrogens is 2. The summed E-state index contributed by atoms with van der Waals surface area (Å²) in [7, 11) is 0. The van der Waals surface area contributed by atoms with Gasteiger partial charge in [-0.1, -0.05) is 9.64 Å². The van der Waals surface area contributed by atoms with Crippen LogP contribution in [0.2, 0.25) is 0 Å². The molecule has 0 aromatic carbocycles. The highest BCUT2D eigenvalue weighted by Crippen LogP contribution is 2.59. The molecule has 0 radical (unpaired) electrons. The Kier molecular flexibility index (Phi) is 3.47. The molecule has 1 aromatic rings. The molecular weight excluding hydrogens is 262 g/mol. The number of rotatable bonds is 6. The highest BCUT2D eigenvalue weighted by atomic mass is 32.1. The molecule has 0 atom stereocenters. The van der Waals surface area contributed by atoms with Gasteiger partial charge in [0, 0.05) is 11.8 Å². The molecule has 1 aliphatic rings. The van der Waals surface area contributed by atoms with Gasteiger partial charge >= 0.3 is 0 Å². The molecule has 2 rings (SSSR count). The van der Waals surface area contributed by atoms with E-state index in [0.29, 0.717) is 12.8 Å². The van der Waals surface area contributed by atoms with Gasteiger partial charge in [0.25, 0.3) is 5.92 Å². The fourth-order valence-corrected chi connectivity index (χ4v) is 2.13. The van der Waals surface area contributed by atoms with Crippen LogP contribution in [0.25, 0.3) is 0 Å². The molecule has 1 aliphatic carbocycles. The zero-order valence-corrected chi connectivity index (χ0v) is 10.7. The number of oxime groups is 1. The van der Waals surface area contributed by atoms with Gasteiger partial charge in [-0.25, -0.2) is 8.78 Å². The molecule has 1 fully saturated rings. The number of nitrogens with zero attached hydrogens (tertiary/aromatic N) is 3. The van der Waals surface area contributed by atoms with Crippen LogP contribution in [0.3, 0.4) is 0 Å². The summed E-state index contributed by atoms with van der Waals surface area (Å²) < 4.78 is 30.3. The van der Waals surface area contributed by atoms with Crippen LogP contribution in [-0.4, -0.2) is 21.3 Å². The third-order valence-electron chi connectivity index (χ3n) is 3.10. The van der Waals surface area contributed by atoms with Crippen molar-refractivity contribution in [1.82, 2.24) is 9.59 Å². The van der Waals surface area contributed by atoms with E-state index in [0.717, 1.165) is 11.8 Å². The van der Waals surface area contributed by atoms with Crippen molar-refractivity contribution >= 4 is 17.4 Å². The Morgan fingerprint density at radius 2 is 2.39 bits per heavy atom. The van der Waals surface area contributed by atoms with Gasteiger partial charge in [-0.15, -0.1) is 5.10 Å². The normalized spacial score (nSPS) is 18.7. The molecule has 8 heteroatoms. The smallest absolute Gasteiger partial charge is 0.251 e. The summed E-state index contributed by atoms with van der Waals surface area (Å²) in [5.41, 5.74) is 4.58. The van der Waals surface area contributed by atoms with E-state index in [1.54, 1.807) is 6.20 Å². The van der Waals surface area contributed by atoms with Gasteiger partial charge in [-0.05, 0) is 31.3 Å². The van der Waals surface area contributed by atoms with Crippen molar-refractivity contribution in [3.05, 3.63) is 11.1 Å². The summed E-state index contributed by atoms with van der Waals surface area (Å²) in [5, 5.41) is 7.28. The van der Waals surface area contributed by atoms with Gasteiger partial charge in [-0.3, -0.25) is 0 Å². The maximum absolute atomic E-state index is 13.3. The maximum Gasteiger partial charge on any atom is 0.251 e. The summed E-state index contributed by atoms with van der Waals surface area (Å²) in [4.78, 5) is 5.77. The summed E-state index contributed by atoms with van der Waals surface area (Å²) in [6.45, 7) is 1.13. The Bertz CT molecular complexity index is 426. The average Bonchev–Trinajstić information content (AvgIpc) is 2.88. The van der Waals surface area contributed by atoms with Crippen molar-refractivity contribution in [2.45, 2.75) is 38.7 Å². The Morgan fingerprint density at radius 3 is 2.89 bits per heavy atom. The zero-order chi connectivity index (χ0) is 13.2. The van der Waals surface area contributed by atoms with Gasteiger partial charge in [0.05, 0.1) is 11.1 Å². The molecule has 2 N–H and O–H groups in total. The first-order chi connectivity index (χ1) is 8.43. The summed E-state index contributed by atoms with van der Waals surface area (Å²) >= 11 is 1.19. The lowest BCUT2D eigenvalue weighted by Gasteiger charge is -2.22. The van der Waals surface area contributed by atoms with E-state index < -0.39 is 11.3 Å². The van der Waals surface area contributed by atoms with E-state index in [9.17, 15) is 8.78 Å². The molecule has 5 nitrogen and oxygen atoms in total. The van der Waals surface area contributed by atoms with Gasteiger partial charge in [0.1, 0.15) is 5.84 Å². The first kappa shape index (κ1) is 13.1. The fraction of sp³-hybridized carbons (Fsp3) is 0.700. The predicted molar refractivity (Wildman–Crippen MR) is 63.2 cm³/mol. The topological polar surface area (TPSA) is 73.4 Å². The van der Waals surface area contributed by atoms with E-state index in [-0.39, 0.29) is 18.9 Å². The molecule has 18 heavy (non-hydrogen) atoms.